The molecule has 0 amide bonds. The van der Waals surface area contributed by atoms with Crippen molar-refractivity contribution in [3.8, 4) is 0 Å². The van der Waals surface area contributed by atoms with E-state index in [0.29, 0.717) is 29.1 Å². The zero-order chi connectivity index (χ0) is 31.5. The van der Waals surface area contributed by atoms with Gasteiger partial charge in [-0.25, -0.2) is 0 Å². The number of carbonyl (C=O) groups excluding carboxylic acids is 3. The lowest BCUT2D eigenvalue weighted by molar-refractivity contribution is -0.261. The monoisotopic (exact) mass is 588 g/mol. The SMILES string of the molecule is CC(=O)OC[C@@H](C[C@@H]1[C@@](C)([C@@H](C)OC(C)=O)CC[C@H]2[C@@]1(C)CC[C@@]1(C)[C@@H]3CC(C)(C)CC[C@]3(C)CC[C@]21C)OC(C)=O. The number of hydrogen-bond donors (Lipinski definition) is 0. The van der Waals surface area contributed by atoms with Crippen LogP contribution in [0.3, 0.4) is 0 Å². The molecule has 0 aromatic carbocycles. The molecule has 0 bridgehead atoms. The van der Waals surface area contributed by atoms with Crippen molar-refractivity contribution in [3.05, 3.63) is 0 Å². The van der Waals surface area contributed by atoms with Gasteiger partial charge in [0.15, 0.2) is 0 Å². The summed E-state index contributed by atoms with van der Waals surface area (Å²) >= 11 is 0. The second kappa shape index (κ2) is 11.1. The number of esters is 3. The summed E-state index contributed by atoms with van der Waals surface area (Å²) in [4.78, 5) is 36.2. The van der Waals surface area contributed by atoms with E-state index in [0.717, 1.165) is 19.3 Å². The van der Waals surface area contributed by atoms with Crippen molar-refractivity contribution in [3.63, 3.8) is 0 Å². The third-order valence-corrected chi connectivity index (χ3v) is 14.1. The Bertz CT molecular complexity index is 1070. The molecular formula is C36H60O6. The van der Waals surface area contributed by atoms with Crippen LogP contribution in [0.4, 0.5) is 0 Å². The van der Waals surface area contributed by atoms with E-state index in [9.17, 15) is 14.4 Å². The summed E-state index contributed by atoms with van der Waals surface area (Å²) in [6.45, 7) is 24.0. The average Bonchev–Trinajstić information content (AvgIpc) is 2.86. The second-order valence-electron chi connectivity index (χ2n) is 17.1. The van der Waals surface area contributed by atoms with Gasteiger partial charge < -0.3 is 14.2 Å². The van der Waals surface area contributed by atoms with Crippen LogP contribution >= 0.6 is 0 Å². The molecule has 4 aliphatic rings. The molecule has 10 atom stereocenters. The van der Waals surface area contributed by atoms with Crippen LogP contribution in [-0.2, 0) is 28.6 Å². The van der Waals surface area contributed by atoms with Crippen LogP contribution in [0.1, 0.15) is 140 Å². The molecule has 0 N–H and O–H groups in total. The summed E-state index contributed by atoms with van der Waals surface area (Å²) in [7, 11) is 0. The Balaban J connectivity index is 1.77. The van der Waals surface area contributed by atoms with Crippen molar-refractivity contribution in [2.75, 3.05) is 6.61 Å². The molecule has 0 unspecified atom stereocenters. The van der Waals surface area contributed by atoms with Crippen molar-refractivity contribution in [1.29, 1.82) is 0 Å². The van der Waals surface area contributed by atoms with E-state index in [2.05, 4.69) is 48.5 Å². The Morgan fingerprint density at radius 3 is 1.88 bits per heavy atom. The van der Waals surface area contributed by atoms with Gasteiger partial charge in [0.2, 0.25) is 0 Å². The summed E-state index contributed by atoms with van der Waals surface area (Å²) in [5.74, 6) is 0.331. The standard InChI is InChI=1S/C36H60O6/c1-23(41-25(3)38)33(8)13-12-28-34(9,29(33)20-27(42-26(4)39)22-40-24(2)37)17-19-36(11)30-21-31(5,6)14-15-32(30,7)16-18-35(28,36)10/h23,27-30H,12-22H2,1-11H3/t23-,27-,28+,29-,30-,32-,33-,34-,35-,36+/m1/s1. The zero-order valence-electron chi connectivity index (χ0n) is 28.6. The molecule has 42 heavy (non-hydrogen) atoms. The van der Waals surface area contributed by atoms with Crippen LogP contribution in [0.2, 0.25) is 0 Å². The molecule has 4 rings (SSSR count). The Hall–Kier alpha value is -1.59. The molecular weight excluding hydrogens is 528 g/mol. The third-order valence-electron chi connectivity index (χ3n) is 14.1. The van der Waals surface area contributed by atoms with Gasteiger partial charge >= 0.3 is 17.9 Å². The molecule has 0 spiro atoms. The molecule has 6 nitrogen and oxygen atoms in total. The first-order chi connectivity index (χ1) is 19.2. The minimum absolute atomic E-state index is 0.0395. The van der Waals surface area contributed by atoms with E-state index in [1.165, 1.54) is 59.3 Å². The number of rotatable bonds is 7. The lowest BCUT2D eigenvalue weighted by Crippen LogP contribution is -2.67. The maximum absolute atomic E-state index is 12.2. The Morgan fingerprint density at radius 1 is 0.714 bits per heavy atom. The summed E-state index contributed by atoms with van der Waals surface area (Å²) < 4.78 is 17.2. The minimum atomic E-state index is -0.536. The van der Waals surface area contributed by atoms with Crippen LogP contribution in [0, 0.1) is 50.2 Å². The molecule has 4 saturated carbocycles. The predicted octanol–water partition coefficient (Wildman–Crippen LogP) is 8.29. The fraction of sp³-hybridized carbons (Fsp3) is 0.917. The predicted molar refractivity (Wildman–Crippen MR) is 164 cm³/mol. The Labute approximate surface area is 255 Å². The van der Waals surface area contributed by atoms with Crippen LogP contribution in [0.25, 0.3) is 0 Å². The van der Waals surface area contributed by atoms with E-state index >= 15 is 0 Å². The Morgan fingerprint density at radius 2 is 1.29 bits per heavy atom. The van der Waals surface area contributed by atoms with Gasteiger partial charge in [-0.05, 0) is 116 Å². The summed E-state index contributed by atoms with van der Waals surface area (Å²) in [6, 6.07) is 0. The highest BCUT2D eigenvalue weighted by Gasteiger charge is 2.70. The van der Waals surface area contributed by atoms with E-state index in [1.807, 2.05) is 6.92 Å². The van der Waals surface area contributed by atoms with E-state index in [1.54, 1.807) is 0 Å². The largest absolute Gasteiger partial charge is 0.462 e. The molecule has 4 aliphatic carbocycles. The molecule has 0 saturated heterocycles. The van der Waals surface area contributed by atoms with Gasteiger partial charge in [-0.1, -0.05) is 48.5 Å². The quantitative estimate of drug-likeness (QED) is 0.220. The average molecular weight is 589 g/mol. The van der Waals surface area contributed by atoms with Crippen LogP contribution in [0.15, 0.2) is 0 Å². The fourth-order valence-corrected chi connectivity index (χ4v) is 11.4. The minimum Gasteiger partial charge on any atom is -0.462 e. The van der Waals surface area contributed by atoms with E-state index in [-0.39, 0.29) is 58.2 Å². The van der Waals surface area contributed by atoms with Gasteiger partial charge in [-0.3, -0.25) is 14.4 Å². The third kappa shape index (κ3) is 5.55. The maximum atomic E-state index is 12.2. The topological polar surface area (TPSA) is 78.9 Å². The lowest BCUT2D eigenvalue weighted by Gasteiger charge is -2.74. The fourth-order valence-electron chi connectivity index (χ4n) is 11.4. The molecule has 0 heterocycles. The van der Waals surface area contributed by atoms with Gasteiger partial charge in [0.25, 0.3) is 0 Å². The highest BCUT2D eigenvalue weighted by molar-refractivity contribution is 5.67. The highest BCUT2D eigenvalue weighted by atomic mass is 16.6. The smallest absolute Gasteiger partial charge is 0.303 e. The van der Waals surface area contributed by atoms with Crippen LogP contribution in [-0.4, -0.2) is 36.7 Å². The van der Waals surface area contributed by atoms with Crippen molar-refractivity contribution in [2.45, 2.75) is 153 Å². The first-order valence-electron chi connectivity index (χ1n) is 16.7. The first kappa shape index (κ1) is 33.3. The van der Waals surface area contributed by atoms with Gasteiger partial charge in [0.1, 0.15) is 18.8 Å². The van der Waals surface area contributed by atoms with Gasteiger partial charge in [-0.2, -0.15) is 0 Å². The zero-order valence-corrected chi connectivity index (χ0v) is 28.6. The number of hydrogen-bond acceptors (Lipinski definition) is 6. The molecule has 240 valence electrons. The number of ether oxygens (including phenoxy) is 3. The highest BCUT2D eigenvalue weighted by Crippen LogP contribution is 2.77. The van der Waals surface area contributed by atoms with Crippen LogP contribution < -0.4 is 0 Å². The van der Waals surface area contributed by atoms with Gasteiger partial charge in [0, 0.05) is 26.2 Å². The summed E-state index contributed by atoms with van der Waals surface area (Å²) in [6.07, 6.45) is 10.6. The van der Waals surface area contributed by atoms with Crippen molar-refractivity contribution in [2.24, 2.45) is 50.2 Å². The first-order valence-corrected chi connectivity index (χ1v) is 16.7. The van der Waals surface area contributed by atoms with Crippen molar-refractivity contribution in [1.82, 2.24) is 0 Å². The van der Waals surface area contributed by atoms with E-state index in [4.69, 9.17) is 14.2 Å². The maximum Gasteiger partial charge on any atom is 0.303 e. The number of fused-ring (bicyclic) bond motifs is 5. The van der Waals surface area contributed by atoms with Crippen molar-refractivity contribution >= 4 is 17.9 Å². The summed E-state index contributed by atoms with van der Waals surface area (Å²) in [5, 5.41) is 0. The molecule has 4 fully saturated rings. The lowest BCUT2D eigenvalue weighted by atomic mass is 9.30. The van der Waals surface area contributed by atoms with E-state index < -0.39 is 6.10 Å². The summed E-state index contributed by atoms with van der Waals surface area (Å²) in [5.41, 5.74) is 0.902. The molecule has 0 aromatic heterocycles. The van der Waals surface area contributed by atoms with Gasteiger partial charge in [-0.15, -0.1) is 0 Å². The molecule has 0 radical (unpaired) electrons. The Kier molecular flexibility index (Phi) is 8.79. The number of carbonyl (C=O) groups is 3. The van der Waals surface area contributed by atoms with Crippen molar-refractivity contribution < 1.29 is 28.6 Å². The molecule has 6 heteroatoms. The normalized spacial score (nSPS) is 43.9. The van der Waals surface area contributed by atoms with Crippen LogP contribution in [0.5, 0.6) is 0 Å². The second-order valence-corrected chi connectivity index (χ2v) is 17.1. The van der Waals surface area contributed by atoms with Gasteiger partial charge in [0.05, 0.1) is 0 Å². The molecule has 0 aromatic rings. The molecule has 0 aliphatic heterocycles.